The summed E-state index contributed by atoms with van der Waals surface area (Å²) < 4.78 is 11.1. The van der Waals surface area contributed by atoms with Gasteiger partial charge in [-0.2, -0.15) is 5.10 Å². The van der Waals surface area contributed by atoms with Crippen LogP contribution in [0.5, 0.6) is 11.5 Å². The van der Waals surface area contributed by atoms with E-state index in [-0.39, 0.29) is 0 Å². The maximum atomic E-state index is 12.8. The summed E-state index contributed by atoms with van der Waals surface area (Å²) in [7, 11) is 0. The van der Waals surface area contributed by atoms with Gasteiger partial charge in [0.25, 0.3) is 5.91 Å². The molecule has 0 aliphatic rings. The van der Waals surface area contributed by atoms with Crippen LogP contribution in [0.15, 0.2) is 90.3 Å². The summed E-state index contributed by atoms with van der Waals surface area (Å²) in [5.41, 5.74) is 3.82. The number of nitrogens with zero attached hydrogens (tertiary/aromatic N) is 2. The van der Waals surface area contributed by atoms with E-state index in [1.807, 2.05) is 37.3 Å². The topological polar surface area (TPSA) is 89.9 Å². The fraction of sp³-hybridized carbons (Fsp3) is 0.0769. The Labute approximate surface area is 190 Å². The molecule has 0 radical (unpaired) electrons. The zero-order chi connectivity index (χ0) is 23.0. The van der Waals surface area contributed by atoms with Crippen molar-refractivity contribution in [2.45, 2.75) is 6.92 Å². The van der Waals surface area contributed by atoms with Gasteiger partial charge < -0.3 is 9.47 Å². The molecule has 33 heavy (non-hydrogen) atoms. The van der Waals surface area contributed by atoms with Crippen LogP contribution in [-0.2, 0) is 0 Å². The first-order valence-corrected chi connectivity index (χ1v) is 10.4. The predicted octanol–water partition coefficient (Wildman–Crippen LogP) is 4.62. The summed E-state index contributed by atoms with van der Waals surface area (Å²) in [4.78, 5) is 28.9. The van der Waals surface area contributed by atoms with Crippen LogP contribution < -0.4 is 14.9 Å². The van der Waals surface area contributed by atoms with E-state index in [2.05, 4.69) is 15.5 Å². The molecule has 1 N–H and O–H groups in total. The van der Waals surface area contributed by atoms with Crippen LogP contribution in [0.3, 0.4) is 0 Å². The summed E-state index contributed by atoms with van der Waals surface area (Å²) in [5.74, 6) is 0.0961. The monoisotopic (exact) mass is 439 g/mol. The molecule has 4 rings (SSSR count). The normalized spacial score (nSPS) is 10.8. The Hall–Kier alpha value is -4.52. The van der Waals surface area contributed by atoms with Crippen LogP contribution >= 0.6 is 0 Å². The molecular formula is C26H21N3O4. The average Bonchev–Trinajstić information content (AvgIpc) is 2.86. The minimum absolute atomic E-state index is 0.326. The van der Waals surface area contributed by atoms with Crippen molar-refractivity contribution in [3.05, 3.63) is 102 Å². The van der Waals surface area contributed by atoms with Gasteiger partial charge in [0, 0.05) is 18.0 Å². The molecule has 0 saturated heterocycles. The van der Waals surface area contributed by atoms with Crippen LogP contribution in [0.4, 0.5) is 0 Å². The largest absolute Gasteiger partial charge is 0.494 e. The molecule has 0 unspecified atom stereocenters. The molecule has 4 aromatic rings. The fourth-order valence-corrected chi connectivity index (χ4v) is 3.23. The van der Waals surface area contributed by atoms with Crippen LogP contribution in [-0.4, -0.2) is 29.7 Å². The van der Waals surface area contributed by atoms with Crippen molar-refractivity contribution < 1.29 is 19.1 Å². The van der Waals surface area contributed by atoms with E-state index in [9.17, 15) is 9.59 Å². The number of ether oxygens (including phenoxy) is 2. The second-order valence-corrected chi connectivity index (χ2v) is 6.99. The van der Waals surface area contributed by atoms with Crippen LogP contribution in [0, 0.1) is 0 Å². The summed E-state index contributed by atoms with van der Waals surface area (Å²) in [6.45, 7) is 2.44. The van der Waals surface area contributed by atoms with Crippen LogP contribution in [0.2, 0.25) is 0 Å². The lowest BCUT2D eigenvalue weighted by molar-refractivity contribution is 0.0734. The van der Waals surface area contributed by atoms with E-state index in [4.69, 9.17) is 9.47 Å². The van der Waals surface area contributed by atoms with Crippen molar-refractivity contribution in [1.82, 2.24) is 10.4 Å². The van der Waals surface area contributed by atoms with Gasteiger partial charge in [-0.1, -0.05) is 30.3 Å². The number of aromatic nitrogens is 1. The van der Waals surface area contributed by atoms with Crippen molar-refractivity contribution in [2.75, 3.05) is 6.61 Å². The molecule has 0 fully saturated rings. The third kappa shape index (κ3) is 5.22. The number of carbonyl (C=O) groups excluding carboxylic acids is 2. The van der Waals surface area contributed by atoms with E-state index in [1.165, 1.54) is 12.4 Å². The Morgan fingerprint density at radius 3 is 2.55 bits per heavy atom. The maximum absolute atomic E-state index is 12.8. The van der Waals surface area contributed by atoms with Crippen LogP contribution in [0.1, 0.15) is 33.2 Å². The molecule has 1 heterocycles. The van der Waals surface area contributed by atoms with E-state index in [0.717, 1.165) is 10.8 Å². The molecule has 1 aromatic heterocycles. The molecule has 7 heteroatoms. The van der Waals surface area contributed by atoms with Gasteiger partial charge in [0.15, 0.2) is 0 Å². The second-order valence-electron chi connectivity index (χ2n) is 6.99. The number of fused-ring (bicyclic) bond motifs is 1. The first kappa shape index (κ1) is 21.7. The zero-order valence-electron chi connectivity index (χ0n) is 17.9. The lowest BCUT2D eigenvalue weighted by Gasteiger charge is -2.11. The molecule has 3 aromatic carbocycles. The van der Waals surface area contributed by atoms with Gasteiger partial charge in [0.1, 0.15) is 11.5 Å². The standard InChI is InChI=1S/C26H21N3O4/c1-2-32-21-12-9-19(10-13-21)26(31)33-24-14-11-18-6-3-4-8-22(18)23(24)17-28-29-25(30)20-7-5-15-27-16-20/h3-17H,2H2,1H3,(H,29,30)/b28-17+. The smallest absolute Gasteiger partial charge is 0.343 e. The van der Waals surface area contributed by atoms with Crippen molar-refractivity contribution in [3.63, 3.8) is 0 Å². The van der Waals surface area contributed by atoms with Crippen molar-refractivity contribution in [1.29, 1.82) is 0 Å². The quantitative estimate of drug-likeness (QED) is 0.196. The number of hydrazone groups is 1. The number of rotatable bonds is 7. The van der Waals surface area contributed by atoms with E-state index < -0.39 is 11.9 Å². The number of hydrogen-bond donors (Lipinski definition) is 1. The van der Waals surface area contributed by atoms with Crippen molar-refractivity contribution in [2.24, 2.45) is 5.10 Å². The summed E-state index contributed by atoms with van der Waals surface area (Å²) >= 11 is 0. The Morgan fingerprint density at radius 1 is 0.970 bits per heavy atom. The average molecular weight is 439 g/mol. The Kier molecular flexibility index (Phi) is 6.70. The third-order valence-corrected chi connectivity index (χ3v) is 4.82. The number of esters is 1. The Balaban J connectivity index is 1.59. The van der Waals surface area contributed by atoms with Gasteiger partial charge in [-0.3, -0.25) is 9.78 Å². The Bertz CT molecular complexity index is 1300. The Morgan fingerprint density at radius 2 is 1.79 bits per heavy atom. The lowest BCUT2D eigenvalue weighted by Crippen LogP contribution is -2.18. The molecule has 7 nitrogen and oxygen atoms in total. The van der Waals surface area contributed by atoms with E-state index in [0.29, 0.717) is 34.8 Å². The van der Waals surface area contributed by atoms with Gasteiger partial charge >= 0.3 is 5.97 Å². The van der Waals surface area contributed by atoms with E-state index in [1.54, 1.807) is 48.7 Å². The molecular weight excluding hydrogens is 418 g/mol. The zero-order valence-corrected chi connectivity index (χ0v) is 17.9. The van der Waals surface area contributed by atoms with Gasteiger partial charge in [-0.15, -0.1) is 0 Å². The molecule has 1 amide bonds. The predicted molar refractivity (Wildman–Crippen MR) is 126 cm³/mol. The van der Waals surface area contributed by atoms with Gasteiger partial charge in [0.05, 0.1) is 23.9 Å². The van der Waals surface area contributed by atoms with Gasteiger partial charge in [-0.25, -0.2) is 10.2 Å². The van der Waals surface area contributed by atoms with Crippen molar-refractivity contribution in [3.8, 4) is 11.5 Å². The van der Waals surface area contributed by atoms with Crippen molar-refractivity contribution >= 4 is 28.9 Å². The first-order valence-electron chi connectivity index (χ1n) is 10.4. The third-order valence-electron chi connectivity index (χ3n) is 4.82. The SMILES string of the molecule is CCOc1ccc(C(=O)Oc2ccc3ccccc3c2/C=N/NC(=O)c2cccnc2)cc1. The highest BCUT2D eigenvalue weighted by atomic mass is 16.5. The number of carbonyl (C=O) groups is 2. The molecule has 164 valence electrons. The highest BCUT2D eigenvalue weighted by molar-refractivity contribution is 6.04. The first-order chi connectivity index (χ1) is 16.2. The maximum Gasteiger partial charge on any atom is 0.343 e. The highest BCUT2D eigenvalue weighted by Gasteiger charge is 2.14. The molecule has 0 aliphatic carbocycles. The second kappa shape index (κ2) is 10.2. The summed E-state index contributed by atoms with van der Waals surface area (Å²) in [6.07, 6.45) is 4.51. The molecule has 0 saturated carbocycles. The number of pyridine rings is 1. The fourth-order valence-electron chi connectivity index (χ4n) is 3.23. The highest BCUT2D eigenvalue weighted by Crippen LogP contribution is 2.27. The minimum Gasteiger partial charge on any atom is -0.494 e. The van der Waals surface area contributed by atoms with Gasteiger partial charge in [0.2, 0.25) is 0 Å². The molecule has 0 spiro atoms. The van der Waals surface area contributed by atoms with Crippen LogP contribution in [0.25, 0.3) is 10.8 Å². The number of hydrogen-bond acceptors (Lipinski definition) is 6. The number of nitrogens with one attached hydrogen (secondary N) is 1. The number of amides is 1. The molecule has 0 aliphatic heterocycles. The van der Waals surface area contributed by atoms with Gasteiger partial charge in [-0.05, 0) is 60.2 Å². The van der Waals surface area contributed by atoms with E-state index >= 15 is 0 Å². The molecule has 0 bridgehead atoms. The minimum atomic E-state index is -0.512. The lowest BCUT2D eigenvalue weighted by atomic mass is 10.0. The number of benzene rings is 3. The summed E-state index contributed by atoms with van der Waals surface area (Å²) in [5, 5.41) is 5.85. The molecule has 0 atom stereocenters. The summed E-state index contributed by atoms with van der Waals surface area (Å²) in [6, 6.07) is 21.3.